The molecule has 1 aliphatic heterocycles. The summed E-state index contributed by atoms with van der Waals surface area (Å²) in [5.74, 6) is 0.304. The molecule has 1 atom stereocenters. The first-order valence-corrected chi connectivity index (χ1v) is 11.4. The standard InChI is InChI=1S/C25H29F2N3O3/c1-3-16(2)33-19-9-7-17(8-10-19)23(31)28-18-13-25(14-18)11-12-30(15-25)24(32)21-6-4-5-20(29-21)22(26)27/h4-10,16,18,22H,3,11-15H2,1-2H3,(H,28,31). The Morgan fingerprint density at radius 3 is 2.61 bits per heavy atom. The molecule has 1 spiro atoms. The van der Waals surface area contributed by atoms with Crippen molar-refractivity contribution < 1.29 is 23.1 Å². The predicted molar refractivity (Wildman–Crippen MR) is 119 cm³/mol. The van der Waals surface area contributed by atoms with Gasteiger partial charge in [-0.2, -0.15) is 0 Å². The molecular weight excluding hydrogens is 428 g/mol. The Balaban J connectivity index is 1.28. The van der Waals surface area contributed by atoms with Gasteiger partial charge in [0.25, 0.3) is 18.2 Å². The molecule has 8 heteroatoms. The fraction of sp³-hybridized carbons (Fsp3) is 0.480. The molecule has 1 aliphatic carbocycles. The van der Waals surface area contributed by atoms with Gasteiger partial charge in [0, 0.05) is 24.7 Å². The molecule has 1 saturated heterocycles. The molecule has 2 aromatic rings. The van der Waals surface area contributed by atoms with Crippen LogP contribution in [0.1, 0.15) is 72.5 Å². The zero-order chi connectivity index (χ0) is 23.6. The Bertz CT molecular complexity index is 1010. The van der Waals surface area contributed by atoms with Crippen molar-refractivity contribution in [2.24, 2.45) is 5.41 Å². The molecule has 4 rings (SSSR count). The Labute approximate surface area is 192 Å². The van der Waals surface area contributed by atoms with Crippen molar-refractivity contribution in [2.45, 2.75) is 58.1 Å². The summed E-state index contributed by atoms with van der Waals surface area (Å²) in [7, 11) is 0. The van der Waals surface area contributed by atoms with Gasteiger partial charge >= 0.3 is 0 Å². The van der Waals surface area contributed by atoms with E-state index in [0.717, 1.165) is 31.4 Å². The Morgan fingerprint density at radius 2 is 1.94 bits per heavy atom. The largest absolute Gasteiger partial charge is 0.491 e. The number of hydrogen-bond acceptors (Lipinski definition) is 4. The van der Waals surface area contributed by atoms with E-state index < -0.39 is 6.43 Å². The van der Waals surface area contributed by atoms with E-state index in [1.807, 2.05) is 6.92 Å². The van der Waals surface area contributed by atoms with Gasteiger partial charge in [0.2, 0.25) is 0 Å². The summed E-state index contributed by atoms with van der Waals surface area (Å²) in [6.45, 7) is 5.18. The molecule has 2 fully saturated rings. The molecule has 1 N–H and O–H groups in total. The molecule has 33 heavy (non-hydrogen) atoms. The topological polar surface area (TPSA) is 71.5 Å². The maximum absolute atomic E-state index is 12.9. The van der Waals surface area contributed by atoms with Crippen molar-refractivity contribution >= 4 is 11.8 Å². The number of amides is 2. The van der Waals surface area contributed by atoms with Crippen LogP contribution in [-0.2, 0) is 0 Å². The number of benzene rings is 1. The Kier molecular flexibility index (Phi) is 6.63. The van der Waals surface area contributed by atoms with E-state index >= 15 is 0 Å². The minimum absolute atomic E-state index is 0.0259. The number of alkyl halides is 2. The molecular formula is C25H29F2N3O3. The zero-order valence-electron chi connectivity index (χ0n) is 18.9. The van der Waals surface area contributed by atoms with Crippen LogP contribution in [-0.4, -0.2) is 46.9 Å². The molecule has 2 heterocycles. The van der Waals surface area contributed by atoms with Gasteiger partial charge in [-0.3, -0.25) is 9.59 Å². The van der Waals surface area contributed by atoms with Crippen LogP contribution in [0.5, 0.6) is 5.75 Å². The minimum Gasteiger partial charge on any atom is -0.491 e. The molecule has 2 amide bonds. The number of nitrogens with one attached hydrogen (secondary N) is 1. The Morgan fingerprint density at radius 1 is 1.21 bits per heavy atom. The first-order valence-electron chi connectivity index (χ1n) is 11.4. The highest BCUT2D eigenvalue weighted by molar-refractivity contribution is 5.94. The fourth-order valence-electron chi connectivity index (χ4n) is 4.65. The lowest BCUT2D eigenvalue weighted by Crippen LogP contribution is -2.52. The van der Waals surface area contributed by atoms with Crippen molar-refractivity contribution in [1.29, 1.82) is 0 Å². The van der Waals surface area contributed by atoms with Crippen molar-refractivity contribution in [3.05, 3.63) is 59.4 Å². The van der Waals surface area contributed by atoms with Crippen LogP contribution in [0.4, 0.5) is 8.78 Å². The molecule has 1 aromatic heterocycles. The number of aromatic nitrogens is 1. The number of hydrogen-bond donors (Lipinski definition) is 1. The molecule has 1 saturated carbocycles. The van der Waals surface area contributed by atoms with Gasteiger partial charge in [-0.25, -0.2) is 13.8 Å². The fourth-order valence-corrected chi connectivity index (χ4v) is 4.65. The van der Waals surface area contributed by atoms with Gasteiger partial charge in [0.15, 0.2) is 0 Å². The number of likely N-dealkylation sites (tertiary alicyclic amines) is 1. The van der Waals surface area contributed by atoms with Crippen molar-refractivity contribution in [1.82, 2.24) is 15.2 Å². The third-order valence-corrected chi connectivity index (χ3v) is 6.66. The van der Waals surface area contributed by atoms with Gasteiger partial charge in [-0.05, 0) is 74.4 Å². The number of carbonyl (C=O) groups excluding carboxylic acids is 2. The molecule has 0 radical (unpaired) electrons. The van der Waals surface area contributed by atoms with Crippen LogP contribution in [0.2, 0.25) is 0 Å². The van der Waals surface area contributed by atoms with E-state index in [1.54, 1.807) is 29.2 Å². The lowest BCUT2D eigenvalue weighted by atomic mass is 9.65. The Hall–Kier alpha value is -3.03. The summed E-state index contributed by atoms with van der Waals surface area (Å²) in [6.07, 6.45) is 0.749. The second-order valence-corrected chi connectivity index (χ2v) is 9.16. The smallest absolute Gasteiger partial charge is 0.280 e. The number of rotatable bonds is 7. The first kappa shape index (κ1) is 23.1. The number of pyridine rings is 1. The predicted octanol–water partition coefficient (Wildman–Crippen LogP) is 4.62. The molecule has 1 aromatic carbocycles. The van der Waals surface area contributed by atoms with Gasteiger partial charge < -0.3 is 15.0 Å². The van der Waals surface area contributed by atoms with E-state index in [1.165, 1.54) is 18.2 Å². The maximum atomic E-state index is 12.9. The zero-order valence-corrected chi connectivity index (χ0v) is 18.9. The van der Waals surface area contributed by atoms with Crippen LogP contribution in [0.15, 0.2) is 42.5 Å². The first-order chi connectivity index (χ1) is 15.8. The highest BCUT2D eigenvalue weighted by Crippen LogP contribution is 2.48. The van der Waals surface area contributed by atoms with Crippen molar-refractivity contribution in [3.63, 3.8) is 0 Å². The lowest BCUT2D eigenvalue weighted by Gasteiger charge is -2.45. The summed E-state index contributed by atoms with van der Waals surface area (Å²) >= 11 is 0. The SMILES string of the molecule is CCC(C)Oc1ccc(C(=O)NC2CC3(CCN(C(=O)c4cccc(C(F)F)n4)C3)C2)cc1. The van der Waals surface area contributed by atoms with E-state index in [2.05, 4.69) is 17.2 Å². The molecule has 176 valence electrons. The minimum atomic E-state index is -2.71. The third-order valence-electron chi connectivity index (χ3n) is 6.66. The van der Waals surface area contributed by atoms with Crippen molar-refractivity contribution in [3.8, 4) is 5.75 Å². The van der Waals surface area contributed by atoms with Crippen LogP contribution >= 0.6 is 0 Å². The number of nitrogens with zero attached hydrogens (tertiary/aromatic N) is 2. The van der Waals surface area contributed by atoms with Crippen LogP contribution < -0.4 is 10.1 Å². The molecule has 1 unspecified atom stereocenters. The number of halogens is 2. The van der Waals surface area contributed by atoms with E-state index in [9.17, 15) is 18.4 Å². The van der Waals surface area contributed by atoms with Gasteiger partial charge in [0.1, 0.15) is 17.1 Å². The van der Waals surface area contributed by atoms with E-state index in [-0.39, 0.29) is 40.8 Å². The van der Waals surface area contributed by atoms with Crippen LogP contribution in [0.25, 0.3) is 0 Å². The summed E-state index contributed by atoms with van der Waals surface area (Å²) in [5.41, 5.74) is 0.221. The molecule has 6 nitrogen and oxygen atoms in total. The highest BCUT2D eigenvalue weighted by Gasteiger charge is 2.50. The highest BCUT2D eigenvalue weighted by atomic mass is 19.3. The molecule has 2 aliphatic rings. The number of ether oxygens (including phenoxy) is 1. The van der Waals surface area contributed by atoms with E-state index in [0.29, 0.717) is 18.7 Å². The average molecular weight is 458 g/mol. The monoisotopic (exact) mass is 457 g/mol. The average Bonchev–Trinajstić information content (AvgIpc) is 3.24. The number of carbonyl (C=O) groups is 2. The normalized spacial score (nSPS) is 22.8. The summed E-state index contributed by atoms with van der Waals surface area (Å²) in [4.78, 5) is 30.8. The van der Waals surface area contributed by atoms with Crippen molar-refractivity contribution in [2.75, 3.05) is 13.1 Å². The van der Waals surface area contributed by atoms with E-state index in [4.69, 9.17) is 4.74 Å². The van der Waals surface area contributed by atoms with Crippen LogP contribution in [0.3, 0.4) is 0 Å². The van der Waals surface area contributed by atoms with Gasteiger partial charge in [-0.1, -0.05) is 13.0 Å². The third kappa shape index (κ3) is 5.15. The van der Waals surface area contributed by atoms with Crippen LogP contribution in [0, 0.1) is 5.41 Å². The molecule has 0 bridgehead atoms. The second-order valence-electron chi connectivity index (χ2n) is 9.16. The summed E-state index contributed by atoms with van der Waals surface area (Å²) in [6, 6.07) is 11.3. The maximum Gasteiger partial charge on any atom is 0.280 e. The second kappa shape index (κ2) is 9.45. The van der Waals surface area contributed by atoms with Gasteiger partial charge in [0.05, 0.1) is 6.10 Å². The quantitative estimate of drug-likeness (QED) is 0.659. The van der Waals surface area contributed by atoms with Gasteiger partial charge in [-0.15, -0.1) is 0 Å². The lowest BCUT2D eigenvalue weighted by molar-refractivity contribution is 0.0606. The summed E-state index contributed by atoms with van der Waals surface area (Å²) in [5, 5.41) is 3.07. The summed E-state index contributed by atoms with van der Waals surface area (Å²) < 4.78 is 31.6.